The Morgan fingerprint density at radius 3 is 2.23 bits per heavy atom. The van der Waals surface area contributed by atoms with Crippen LogP contribution in [0.3, 0.4) is 0 Å². The Morgan fingerprint density at radius 1 is 1.00 bits per heavy atom. The van der Waals surface area contributed by atoms with Crippen molar-refractivity contribution in [2.75, 3.05) is 26.5 Å². The highest BCUT2D eigenvalue weighted by molar-refractivity contribution is 6.08. The predicted molar refractivity (Wildman–Crippen MR) is 85.4 cm³/mol. The van der Waals surface area contributed by atoms with Gasteiger partial charge >= 0.3 is 0 Å². The molecule has 0 unspecified atom stereocenters. The molecule has 0 saturated heterocycles. The van der Waals surface area contributed by atoms with Gasteiger partial charge in [-0.1, -0.05) is 12.1 Å². The average molecular weight is 298 g/mol. The number of anilines is 1. The minimum absolute atomic E-state index is 0.161. The third-order valence-electron chi connectivity index (χ3n) is 3.16. The topological polar surface area (TPSA) is 58.6 Å². The van der Waals surface area contributed by atoms with Crippen LogP contribution in [0.5, 0.6) is 5.75 Å². The van der Waals surface area contributed by atoms with Crippen LogP contribution in [0.25, 0.3) is 0 Å². The average Bonchev–Trinajstić information content (AvgIpc) is 2.54. The first-order valence-corrected chi connectivity index (χ1v) is 6.79. The van der Waals surface area contributed by atoms with Crippen molar-refractivity contribution < 1.29 is 14.3 Å². The standard InChI is InChI=1S/C17H18N2O3/c1-19(2)17(21)14-6-4-5-7-15(14)18-16(20)12-8-10-13(22-3)11-9-12/h4-11H,1-3H3,(H,18,20). The predicted octanol–water partition coefficient (Wildman–Crippen LogP) is 2.65. The SMILES string of the molecule is COc1ccc(C(=O)Nc2ccccc2C(=O)N(C)C)cc1. The summed E-state index contributed by atoms with van der Waals surface area (Å²) < 4.78 is 5.06. The lowest BCUT2D eigenvalue weighted by Crippen LogP contribution is -2.24. The number of rotatable bonds is 4. The number of nitrogens with zero attached hydrogens (tertiary/aromatic N) is 1. The van der Waals surface area contributed by atoms with Crippen LogP contribution >= 0.6 is 0 Å². The maximum atomic E-state index is 12.3. The summed E-state index contributed by atoms with van der Waals surface area (Å²) in [4.78, 5) is 25.9. The van der Waals surface area contributed by atoms with Gasteiger partial charge in [-0.25, -0.2) is 0 Å². The number of hydrogen-bond donors (Lipinski definition) is 1. The largest absolute Gasteiger partial charge is 0.497 e. The van der Waals surface area contributed by atoms with Crippen LogP contribution in [0.4, 0.5) is 5.69 Å². The van der Waals surface area contributed by atoms with E-state index in [9.17, 15) is 9.59 Å². The molecular weight excluding hydrogens is 280 g/mol. The van der Waals surface area contributed by atoms with Crippen molar-refractivity contribution in [3.63, 3.8) is 0 Å². The zero-order valence-electron chi connectivity index (χ0n) is 12.8. The van der Waals surface area contributed by atoms with Gasteiger partial charge in [0.2, 0.25) is 0 Å². The van der Waals surface area contributed by atoms with Gasteiger partial charge in [0.05, 0.1) is 18.4 Å². The minimum Gasteiger partial charge on any atom is -0.497 e. The number of nitrogens with one attached hydrogen (secondary N) is 1. The van der Waals surface area contributed by atoms with Crippen LogP contribution in [0.2, 0.25) is 0 Å². The summed E-state index contributed by atoms with van der Waals surface area (Å²) in [6.45, 7) is 0. The highest BCUT2D eigenvalue weighted by Crippen LogP contribution is 2.18. The summed E-state index contributed by atoms with van der Waals surface area (Å²) in [6, 6.07) is 13.7. The fourth-order valence-electron chi connectivity index (χ4n) is 1.96. The molecule has 1 N–H and O–H groups in total. The van der Waals surface area contributed by atoms with E-state index in [0.29, 0.717) is 22.6 Å². The molecule has 5 heteroatoms. The molecule has 5 nitrogen and oxygen atoms in total. The summed E-state index contributed by atoms with van der Waals surface area (Å²) in [7, 11) is 4.91. The Labute approximate surface area is 129 Å². The van der Waals surface area contributed by atoms with Crippen LogP contribution in [-0.4, -0.2) is 37.9 Å². The molecule has 2 rings (SSSR count). The Bertz CT molecular complexity index is 679. The highest BCUT2D eigenvalue weighted by atomic mass is 16.5. The first-order chi connectivity index (χ1) is 10.5. The lowest BCUT2D eigenvalue weighted by atomic mass is 10.1. The fraction of sp³-hybridized carbons (Fsp3) is 0.176. The quantitative estimate of drug-likeness (QED) is 0.944. The number of hydrogen-bond acceptors (Lipinski definition) is 3. The Balaban J connectivity index is 2.23. The maximum Gasteiger partial charge on any atom is 0.255 e. The number of methoxy groups -OCH3 is 1. The normalized spacial score (nSPS) is 9.95. The maximum absolute atomic E-state index is 12.3. The van der Waals surface area contributed by atoms with Crippen molar-refractivity contribution in [3.8, 4) is 5.75 Å². The zero-order chi connectivity index (χ0) is 16.1. The van der Waals surface area contributed by atoms with Crippen LogP contribution < -0.4 is 10.1 Å². The molecule has 2 aromatic carbocycles. The number of carbonyl (C=O) groups excluding carboxylic acids is 2. The minimum atomic E-state index is -0.276. The Morgan fingerprint density at radius 2 is 1.64 bits per heavy atom. The molecule has 114 valence electrons. The van der Waals surface area contributed by atoms with Crippen LogP contribution in [-0.2, 0) is 0 Å². The fourth-order valence-corrected chi connectivity index (χ4v) is 1.96. The zero-order valence-corrected chi connectivity index (χ0v) is 12.8. The number of benzene rings is 2. The van der Waals surface area contributed by atoms with Crippen molar-refractivity contribution in [1.29, 1.82) is 0 Å². The summed E-state index contributed by atoms with van der Waals surface area (Å²) in [6.07, 6.45) is 0. The molecule has 0 heterocycles. The van der Waals surface area contributed by atoms with E-state index >= 15 is 0 Å². The van der Waals surface area contributed by atoms with Crippen molar-refractivity contribution in [2.45, 2.75) is 0 Å². The summed E-state index contributed by atoms with van der Waals surface area (Å²) >= 11 is 0. The second kappa shape index (κ2) is 6.76. The third-order valence-corrected chi connectivity index (χ3v) is 3.16. The van der Waals surface area contributed by atoms with E-state index < -0.39 is 0 Å². The smallest absolute Gasteiger partial charge is 0.255 e. The molecule has 0 radical (unpaired) electrons. The second-order valence-electron chi connectivity index (χ2n) is 4.93. The van der Waals surface area contributed by atoms with E-state index in [1.165, 1.54) is 4.90 Å². The molecule has 0 aromatic heterocycles. The van der Waals surface area contributed by atoms with E-state index in [-0.39, 0.29) is 11.8 Å². The Hall–Kier alpha value is -2.82. The van der Waals surface area contributed by atoms with Crippen LogP contribution in [0, 0.1) is 0 Å². The van der Waals surface area contributed by atoms with E-state index in [1.807, 2.05) is 0 Å². The number of ether oxygens (including phenoxy) is 1. The lowest BCUT2D eigenvalue weighted by molar-refractivity contribution is 0.0828. The van der Waals surface area contributed by atoms with Crippen molar-refractivity contribution in [2.24, 2.45) is 0 Å². The molecule has 0 bridgehead atoms. The number of carbonyl (C=O) groups is 2. The highest BCUT2D eigenvalue weighted by Gasteiger charge is 2.15. The van der Waals surface area contributed by atoms with Gasteiger partial charge in [-0.05, 0) is 36.4 Å². The molecular formula is C17H18N2O3. The molecule has 2 aromatic rings. The number of amides is 2. The van der Waals surface area contributed by atoms with Gasteiger partial charge in [0.25, 0.3) is 11.8 Å². The molecule has 22 heavy (non-hydrogen) atoms. The lowest BCUT2D eigenvalue weighted by Gasteiger charge is -2.14. The van der Waals surface area contributed by atoms with Gasteiger partial charge in [-0.2, -0.15) is 0 Å². The van der Waals surface area contributed by atoms with Crippen molar-refractivity contribution in [3.05, 3.63) is 59.7 Å². The molecule has 0 saturated carbocycles. The van der Waals surface area contributed by atoms with Gasteiger partial charge in [-0.3, -0.25) is 9.59 Å². The van der Waals surface area contributed by atoms with E-state index in [4.69, 9.17) is 4.74 Å². The van der Waals surface area contributed by atoms with E-state index in [2.05, 4.69) is 5.32 Å². The van der Waals surface area contributed by atoms with E-state index in [1.54, 1.807) is 69.7 Å². The van der Waals surface area contributed by atoms with E-state index in [0.717, 1.165) is 0 Å². The second-order valence-corrected chi connectivity index (χ2v) is 4.93. The van der Waals surface area contributed by atoms with Gasteiger partial charge in [-0.15, -0.1) is 0 Å². The van der Waals surface area contributed by atoms with Gasteiger partial charge < -0.3 is 15.0 Å². The van der Waals surface area contributed by atoms with Gasteiger partial charge in [0.15, 0.2) is 0 Å². The van der Waals surface area contributed by atoms with Crippen molar-refractivity contribution in [1.82, 2.24) is 4.90 Å². The molecule has 0 spiro atoms. The summed E-state index contributed by atoms with van der Waals surface area (Å²) in [5, 5.41) is 2.77. The summed E-state index contributed by atoms with van der Waals surface area (Å²) in [5.41, 5.74) is 1.43. The third kappa shape index (κ3) is 3.44. The molecule has 0 aliphatic heterocycles. The Kier molecular flexibility index (Phi) is 4.78. The monoisotopic (exact) mass is 298 g/mol. The first-order valence-electron chi connectivity index (χ1n) is 6.79. The first kappa shape index (κ1) is 15.6. The molecule has 0 aliphatic carbocycles. The van der Waals surface area contributed by atoms with Crippen LogP contribution in [0.1, 0.15) is 20.7 Å². The van der Waals surface area contributed by atoms with Crippen LogP contribution in [0.15, 0.2) is 48.5 Å². The molecule has 2 amide bonds. The molecule has 0 fully saturated rings. The number of para-hydroxylation sites is 1. The summed E-state index contributed by atoms with van der Waals surface area (Å²) in [5.74, 6) is 0.243. The van der Waals surface area contributed by atoms with Gasteiger partial charge in [0, 0.05) is 19.7 Å². The van der Waals surface area contributed by atoms with Crippen molar-refractivity contribution >= 4 is 17.5 Å². The molecule has 0 aliphatic rings. The molecule has 0 atom stereocenters. The van der Waals surface area contributed by atoms with Gasteiger partial charge in [0.1, 0.15) is 5.75 Å².